The summed E-state index contributed by atoms with van der Waals surface area (Å²) >= 11 is 3.95. The number of rotatable bonds is 10. The van der Waals surface area contributed by atoms with Crippen molar-refractivity contribution in [1.29, 1.82) is 0 Å². The molecule has 0 radical (unpaired) electrons. The molecule has 2 aliphatic heterocycles. The molecule has 2 saturated heterocycles. The lowest BCUT2D eigenvalue weighted by Crippen LogP contribution is -2.83. The van der Waals surface area contributed by atoms with Crippen molar-refractivity contribution in [2.75, 3.05) is 24.7 Å². The third kappa shape index (κ3) is 4.65. The standard InChI is InChI=1S/C21H22N4O5S3/c1-2-8-30-21(23-15(26)9-14-6-4-3-5-7-14)16(27)25-10-20(18(28)29,11-31-17(21)25)12-32-19-24-22-13-33-19/h2-7,13,17H,1,8-12H2,(H,23,26)(H,28,29)/t17-,20?,21?/m1/s1. The van der Waals surface area contributed by atoms with Crippen molar-refractivity contribution >= 4 is 52.6 Å². The average molecular weight is 507 g/mol. The largest absolute Gasteiger partial charge is 0.481 e. The van der Waals surface area contributed by atoms with Gasteiger partial charge in [-0.1, -0.05) is 59.5 Å². The quantitative estimate of drug-likeness (QED) is 0.215. The summed E-state index contributed by atoms with van der Waals surface area (Å²) < 4.78 is 6.50. The van der Waals surface area contributed by atoms with Gasteiger partial charge >= 0.3 is 5.97 Å². The maximum Gasteiger partial charge on any atom is 0.313 e. The number of nitrogens with zero attached hydrogens (tertiary/aromatic N) is 3. The molecule has 2 aromatic rings. The van der Waals surface area contributed by atoms with Crippen LogP contribution in [0.4, 0.5) is 0 Å². The second-order valence-electron chi connectivity index (χ2n) is 7.72. The molecule has 33 heavy (non-hydrogen) atoms. The van der Waals surface area contributed by atoms with Crippen molar-refractivity contribution in [1.82, 2.24) is 20.4 Å². The van der Waals surface area contributed by atoms with Gasteiger partial charge in [-0.05, 0) is 5.56 Å². The number of hydrogen-bond donors (Lipinski definition) is 2. The van der Waals surface area contributed by atoms with E-state index in [0.717, 1.165) is 5.56 Å². The lowest BCUT2D eigenvalue weighted by molar-refractivity contribution is -0.203. The van der Waals surface area contributed by atoms with Crippen molar-refractivity contribution < 1.29 is 24.2 Å². The smallest absolute Gasteiger partial charge is 0.313 e. The fraction of sp³-hybridized carbons (Fsp3) is 0.381. The van der Waals surface area contributed by atoms with Gasteiger partial charge in [-0.25, -0.2) is 0 Å². The highest BCUT2D eigenvalue weighted by Crippen LogP contribution is 2.49. The molecule has 0 bridgehead atoms. The monoisotopic (exact) mass is 506 g/mol. The highest BCUT2D eigenvalue weighted by molar-refractivity contribution is 8.01. The summed E-state index contributed by atoms with van der Waals surface area (Å²) in [4.78, 5) is 39.7. The first kappa shape index (κ1) is 23.7. The summed E-state index contributed by atoms with van der Waals surface area (Å²) in [5.41, 5.74) is -0.287. The van der Waals surface area contributed by atoms with Gasteiger partial charge in [0.2, 0.25) is 5.91 Å². The molecule has 1 aromatic heterocycles. The minimum atomic E-state index is -1.54. The molecule has 2 amide bonds. The maximum absolute atomic E-state index is 13.3. The van der Waals surface area contributed by atoms with Gasteiger partial charge in [-0.2, -0.15) is 0 Å². The maximum atomic E-state index is 13.3. The van der Waals surface area contributed by atoms with Gasteiger partial charge in [0, 0.05) is 18.1 Å². The summed E-state index contributed by atoms with van der Waals surface area (Å²) in [6.07, 6.45) is 1.61. The number of β-lactam (4-membered cyclic amide) rings is 1. The van der Waals surface area contributed by atoms with Crippen LogP contribution < -0.4 is 5.32 Å². The van der Waals surface area contributed by atoms with Gasteiger partial charge in [0.1, 0.15) is 16.3 Å². The van der Waals surface area contributed by atoms with E-state index in [1.807, 2.05) is 30.3 Å². The molecule has 174 valence electrons. The van der Waals surface area contributed by atoms with E-state index >= 15 is 0 Å². The van der Waals surface area contributed by atoms with Crippen molar-refractivity contribution in [3.63, 3.8) is 0 Å². The topological polar surface area (TPSA) is 122 Å². The molecule has 4 rings (SSSR count). The van der Waals surface area contributed by atoms with E-state index in [4.69, 9.17) is 4.74 Å². The number of carbonyl (C=O) groups excluding carboxylic acids is 2. The Hall–Kier alpha value is -2.41. The number of hydrogen-bond acceptors (Lipinski definition) is 9. The Morgan fingerprint density at radius 2 is 2.18 bits per heavy atom. The molecule has 2 unspecified atom stereocenters. The van der Waals surface area contributed by atoms with Crippen LogP contribution >= 0.6 is 34.9 Å². The molecule has 3 heterocycles. The second kappa shape index (κ2) is 9.84. The number of fused-ring (bicyclic) bond motifs is 1. The number of carbonyl (C=O) groups is 3. The van der Waals surface area contributed by atoms with E-state index in [2.05, 4.69) is 22.1 Å². The Bertz CT molecular complexity index is 1040. The molecule has 1 aromatic carbocycles. The van der Waals surface area contributed by atoms with Gasteiger partial charge in [0.15, 0.2) is 4.34 Å². The second-order valence-corrected chi connectivity index (χ2v) is 10.8. The molecule has 3 atom stereocenters. The fourth-order valence-electron chi connectivity index (χ4n) is 3.76. The van der Waals surface area contributed by atoms with Crippen molar-refractivity contribution in [2.24, 2.45) is 5.41 Å². The van der Waals surface area contributed by atoms with Gasteiger partial charge in [-0.3, -0.25) is 14.4 Å². The predicted molar refractivity (Wildman–Crippen MR) is 126 cm³/mol. The molecule has 9 nitrogen and oxygen atoms in total. The minimum absolute atomic E-state index is 0.0262. The lowest BCUT2D eigenvalue weighted by atomic mass is 9.88. The van der Waals surface area contributed by atoms with E-state index in [9.17, 15) is 19.5 Å². The normalized spacial score (nSPS) is 26.2. The van der Waals surface area contributed by atoms with E-state index in [-0.39, 0.29) is 37.0 Å². The van der Waals surface area contributed by atoms with E-state index < -0.39 is 28.4 Å². The summed E-state index contributed by atoms with van der Waals surface area (Å²) in [6, 6.07) is 9.20. The van der Waals surface area contributed by atoms with Crippen LogP contribution in [0.15, 0.2) is 52.8 Å². The Labute approximate surface area is 203 Å². The number of thioether (sulfide) groups is 2. The summed E-state index contributed by atoms with van der Waals surface area (Å²) in [5, 5.41) is 20.0. The van der Waals surface area contributed by atoms with E-state index in [1.165, 1.54) is 45.8 Å². The fourth-order valence-corrected chi connectivity index (χ4v) is 7.18. The van der Waals surface area contributed by atoms with Crippen molar-refractivity contribution in [3.05, 3.63) is 54.1 Å². The van der Waals surface area contributed by atoms with Crippen LogP contribution in [0.2, 0.25) is 0 Å². The zero-order valence-corrected chi connectivity index (χ0v) is 20.0. The van der Waals surface area contributed by atoms with Crippen LogP contribution in [-0.2, 0) is 25.5 Å². The van der Waals surface area contributed by atoms with E-state index in [0.29, 0.717) is 4.34 Å². The number of carboxylic acid groups (broad SMARTS) is 1. The summed E-state index contributed by atoms with van der Waals surface area (Å²) in [6.45, 7) is 3.73. The van der Waals surface area contributed by atoms with Crippen LogP contribution in [0.3, 0.4) is 0 Å². The SMILES string of the molecule is C=CCOC1(NC(=O)Cc2ccccc2)C(=O)N2CC(CSc3nncs3)(C(=O)O)CS[C@@H]21. The molecule has 2 fully saturated rings. The molecule has 0 saturated carbocycles. The first-order chi connectivity index (χ1) is 15.9. The number of nitrogens with one attached hydrogen (secondary N) is 1. The van der Waals surface area contributed by atoms with Gasteiger partial charge in [-0.15, -0.1) is 28.5 Å². The molecule has 2 N–H and O–H groups in total. The van der Waals surface area contributed by atoms with Crippen molar-refractivity contribution in [2.45, 2.75) is 21.9 Å². The first-order valence-electron chi connectivity index (χ1n) is 10.0. The predicted octanol–water partition coefficient (Wildman–Crippen LogP) is 1.87. The first-order valence-corrected chi connectivity index (χ1v) is 13.0. The van der Waals surface area contributed by atoms with Gasteiger partial charge < -0.3 is 20.1 Å². The van der Waals surface area contributed by atoms with Crippen LogP contribution in [0.5, 0.6) is 0 Å². The number of aromatic nitrogens is 2. The Kier molecular flexibility index (Phi) is 7.07. The number of carboxylic acids is 1. The van der Waals surface area contributed by atoms with E-state index in [1.54, 1.807) is 5.51 Å². The number of ether oxygens (including phenoxy) is 1. The zero-order chi connectivity index (χ0) is 23.5. The van der Waals surface area contributed by atoms with Crippen LogP contribution in [0.25, 0.3) is 0 Å². The highest BCUT2D eigenvalue weighted by atomic mass is 32.2. The molecule has 12 heteroatoms. The third-order valence-electron chi connectivity index (χ3n) is 5.43. The molecule has 0 spiro atoms. The number of aliphatic carboxylic acids is 1. The van der Waals surface area contributed by atoms with Crippen LogP contribution in [-0.4, -0.2) is 73.7 Å². The third-order valence-corrected chi connectivity index (χ3v) is 9.20. The van der Waals surface area contributed by atoms with Gasteiger partial charge in [0.05, 0.1) is 13.0 Å². The average Bonchev–Trinajstić information content (AvgIpc) is 3.34. The Balaban J connectivity index is 1.49. The van der Waals surface area contributed by atoms with Gasteiger partial charge in [0.25, 0.3) is 11.6 Å². The summed E-state index contributed by atoms with van der Waals surface area (Å²) in [7, 11) is 0. The zero-order valence-electron chi connectivity index (χ0n) is 17.5. The molecule has 2 aliphatic rings. The molecular formula is C21H22N4O5S3. The highest BCUT2D eigenvalue weighted by Gasteiger charge is 2.67. The van der Waals surface area contributed by atoms with Crippen LogP contribution in [0, 0.1) is 5.41 Å². The molecular weight excluding hydrogens is 484 g/mol. The Morgan fingerprint density at radius 3 is 2.85 bits per heavy atom. The van der Waals surface area contributed by atoms with Crippen molar-refractivity contribution in [3.8, 4) is 0 Å². The van der Waals surface area contributed by atoms with Crippen LogP contribution in [0.1, 0.15) is 5.56 Å². The summed E-state index contributed by atoms with van der Waals surface area (Å²) in [5.74, 6) is -1.26. The minimum Gasteiger partial charge on any atom is -0.481 e. The molecule has 0 aliphatic carbocycles. The lowest BCUT2D eigenvalue weighted by Gasteiger charge is -2.59. The number of amides is 2. The number of benzene rings is 1. The Morgan fingerprint density at radius 1 is 1.39 bits per heavy atom.